The lowest BCUT2D eigenvalue weighted by molar-refractivity contribution is -0.385. The third kappa shape index (κ3) is 3.98. The first-order valence-corrected chi connectivity index (χ1v) is 10.5. The lowest BCUT2D eigenvalue weighted by atomic mass is 9.93. The van der Waals surface area contributed by atoms with Crippen LogP contribution in [-0.2, 0) is 9.59 Å². The van der Waals surface area contributed by atoms with Gasteiger partial charge < -0.3 is 10.2 Å². The van der Waals surface area contributed by atoms with Crippen molar-refractivity contribution in [3.05, 3.63) is 104 Å². The molecular formula is C26H19N3O6. The number of carbonyl (C=O) groups is 2. The van der Waals surface area contributed by atoms with E-state index in [-0.39, 0.29) is 16.8 Å². The van der Waals surface area contributed by atoms with Crippen LogP contribution in [0.4, 0.5) is 11.4 Å². The van der Waals surface area contributed by atoms with E-state index in [0.29, 0.717) is 11.1 Å². The number of hydrogen-bond donors (Lipinski definition) is 2. The van der Waals surface area contributed by atoms with Crippen molar-refractivity contribution in [1.82, 2.24) is 0 Å². The van der Waals surface area contributed by atoms with Crippen molar-refractivity contribution < 1.29 is 24.7 Å². The van der Waals surface area contributed by atoms with Gasteiger partial charge in [0.2, 0.25) is 0 Å². The second-order valence-corrected chi connectivity index (χ2v) is 8.13. The van der Waals surface area contributed by atoms with E-state index in [1.54, 1.807) is 18.2 Å². The fourth-order valence-electron chi connectivity index (χ4n) is 4.01. The third-order valence-corrected chi connectivity index (χ3v) is 6.01. The summed E-state index contributed by atoms with van der Waals surface area (Å²) in [4.78, 5) is 38.2. The van der Waals surface area contributed by atoms with Crippen LogP contribution in [0.5, 0.6) is 5.75 Å². The summed E-state index contributed by atoms with van der Waals surface area (Å²) in [7, 11) is 0. The van der Waals surface area contributed by atoms with E-state index in [1.165, 1.54) is 30.3 Å². The van der Waals surface area contributed by atoms with E-state index in [0.717, 1.165) is 28.2 Å². The molecule has 0 radical (unpaired) electrons. The second kappa shape index (κ2) is 8.76. The molecule has 1 unspecified atom stereocenters. The zero-order valence-electron chi connectivity index (χ0n) is 18.7. The fourth-order valence-corrected chi connectivity index (χ4v) is 4.01. The fraction of sp³-hybridized carbons (Fsp3) is 0.115. The maximum atomic E-state index is 13.2. The van der Waals surface area contributed by atoms with Gasteiger partial charge in [-0.1, -0.05) is 18.2 Å². The molecule has 9 nitrogen and oxygen atoms in total. The molecule has 1 atom stereocenters. The van der Waals surface area contributed by atoms with Crippen LogP contribution < -0.4 is 4.90 Å². The number of amides is 1. The minimum atomic E-state index is -1.22. The highest BCUT2D eigenvalue weighted by molar-refractivity contribution is 6.51. The largest absolute Gasteiger partial charge is 0.507 e. The number of nitrogens with zero attached hydrogens (tertiary/aromatic N) is 3. The highest BCUT2D eigenvalue weighted by atomic mass is 16.6. The van der Waals surface area contributed by atoms with Gasteiger partial charge in [0.05, 0.1) is 28.2 Å². The van der Waals surface area contributed by atoms with Crippen LogP contribution in [0.15, 0.2) is 66.2 Å². The molecule has 0 saturated carbocycles. The Morgan fingerprint density at radius 2 is 1.71 bits per heavy atom. The number of nitriles is 1. The van der Waals surface area contributed by atoms with Crippen molar-refractivity contribution in [3.8, 4) is 11.8 Å². The first-order valence-electron chi connectivity index (χ1n) is 10.5. The molecule has 1 saturated heterocycles. The number of aliphatic hydroxyl groups is 1. The molecule has 2 N–H and O–H groups in total. The highest BCUT2D eigenvalue weighted by Gasteiger charge is 2.47. The molecule has 4 rings (SSSR count). The smallest absolute Gasteiger partial charge is 0.311 e. The van der Waals surface area contributed by atoms with Crippen LogP contribution in [0.2, 0.25) is 0 Å². The van der Waals surface area contributed by atoms with Crippen molar-refractivity contribution in [3.63, 3.8) is 0 Å². The lowest BCUT2D eigenvalue weighted by Gasteiger charge is -2.25. The Balaban J connectivity index is 1.99. The second-order valence-electron chi connectivity index (χ2n) is 8.13. The van der Waals surface area contributed by atoms with Gasteiger partial charge >= 0.3 is 5.69 Å². The molecule has 0 bridgehead atoms. The molecule has 174 valence electrons. The molecule has 3 aromatic rings. The Labute approximate surface area is 199 Å². The number of carbonyl (C=O) groups excluding carboxylic acids is 2. The van der Waals surface area contributed by atoms with Crippen LogP contribution in [0.25, 0.3) is 5.76 Å². The summed E-state index contributed by atoms with van der Waals surface area (Å²) < 4.78 is 0. The molecule has 1 heterocycles. The maximum absolute atomic E-state index is 13.2. The van der Waals surface area contributed by atoms with Gasteiger partial charge in [0.25, 0.3) is 11.7 Å². The molecule has 1 aliphatic heterocycles. The average molecular weight is 469 g/mol. The molecular weight excluding hydrogens is 450 g/mol. The Morgan fingerprint density at radius 3 is 2.31 bits per heavy atom. The molecule has 1 amide bonds. The Morgan fingerprint density at radius 1 is 1.03 bits per heavy atom. The molecule has 35 heavy (non-hydrogen) atoms. The zero-order chi connectivity index (χ0) is 25.4. The lowest BCUT2D eigenvalue weighted by Crippen LogP contribution is -2.29. The number of benzene rings is 3. The SMILES string of the molecule is Cc1ccc(/C(O)=C2/C(=O)C(=O)N(c3ccc(C#N)cc3)C2c2ccc(O)c([N+](=O)[O-])c2)cc1C. The van der Waals surface area contributed by atoms with Crippen LogP contribution in [0.3, 0.4) is 0 Å². The third-order valence-electron chi connectivity index (χ3n) is 6.01. The molecule has 0 spiro atoms. The standard InChI is InChI=1S/C26H19N3O6/c1-14-3-6-18(11-15(14)2)24(31)22-23(17-7-10-21(30)20(12-17)29(34)35)28(26(33)25(22)32)19-8-4-16(13-27)5-9-19/h3-12,23,30-31H,1-2H3/b24-22-. The number of rotatable bonds is 4. The van der Waals surface area contributed by atoms with E-state index in [1.807, 2.05) is 19.9 Å². The number of aryl methyl sites for hydroxylation is 2. The quantitative estimate of drug-likeness (QED) is 0.189. The van der Waals surface area contributed by atoms with Gasteiger partial charge in [-0.3, -0.25) is 24.6 Å². The van der Waals surface area contributed by atoms with Crippen molar-refractivity contribution in [2.24, 2.45) is 0 Å². The summed E-state index contributed by atoms with van der Waals surface area (Å²) in [5.74, 6) is -2.92. The van der Waals surface area contributed by atoms with Gasteiger partial charge in [-0.2, -0.15) is 5.26 Å². The zero-order valence-corrected chi connectivity index (χ0v) is 18.7. The Bertz CT molecular complexity index is 1470. The molecule has 0 aromatic heterocycles. The van der Waals surface area contributed by atoms with E-state index in [2.05, 4.69) is 0 Å². The Hall–Kier alpha value is -4.97. The topological polar surface area (TPSA) is 145 Å². The van der Waals surface area contributed by atoms with Crippen molar-refractivity contribution in [2.45, 2.75) is 19.9 Å². The minimum Gasteiger partial charge on any atom is -0.507 e. The Kier molecular flexibility index (Phi) is 5.81. The predicted octanol–water partition coefficient (Wildman–Crippen LogP) is 4.42. The number of aliphatic hydroxyl groups excluding tert-OH is 1. The van der Waals surface area contributed by atoms with Gasteiger partial charge in [0.1, 0.15) is 5.76 Å². The summed E-state index contributed by atoms with van der Waals surface area (Å²) in [6.07, 6.45) is 0. The number of Topliss-reactive ketones (excluding diaryl/α,β-unsaturated/α-hetero) is 1. The summed E-state index contributed by atoms with van der Waals surface area (Å²) in [6.45, 7) is 3.72. The first kappa shape index (κ1) is 23.2. The van der Waals surface area contributed by atoms with Gasteiger partial charge in [0, 0.05) is 17.3 Å². The molecule has 9 heteroatoms. The highest BCUT2D eigenvalue weighted by Crippen LogP contribution is 2.44. The van der Waals surface area contributed by atoms with Gasteiger partial charge in [-0.05, 0) is 66.9 Å². The molecule has 3 aromatic carbocycles. The monoisotopic (exact) mass is 469 g/mol. The number of nitro groups is 1. The van der Waals surface area contributed by atoms with Crippen LogP contribution in [0.1, 0.15) is 33.9 Å². The number of aromatic hydroxyl groups is 1. The van der Waals surface area contributed by atoms with Crippen LogP contribution >= 0.6 is 0 Å². The summed E-state index contributed by atoms with van der Waals surface area (Å²) in [6, 6.07) is 15.2. The minimum absolute atomic E-state index is 0.142. The van der Waals surface area contributed by atoms with E-state index in [4.69, 9.17) is 5.26 Å². The predicted molar refractivity (Wildman–Crippen MR) is 127 cm³/mol. The summed E-state index contributed by atoms with van der Waals surface area (Å²) >= 11 is 0. The molecule has 1 aliphatic rings. The number of hydrogen-bond acceptors (Lipinski definition) is 7. The normalized spacial score (nSPS) is 16.8. The summed E-state index contributed by atoms with van der Waals surface area (Å²) in [5, 5.41) is 41.7. The summed E-state index contributed by atoms with van der Waals surface area (Å²) in [5.41, 5.74) is 2.00. The van der Waals surface area contributed by atoms with E-state index < -0.39 is 39.9 Å². The van der Waals surface area contributed by atoms with Crippen molar-refractivity contribution in [1.29, 1.82) is 5.26 Å². The van der Waals surface area contributed by atoms with Crippen LogP contribution in [-0.4, -0.2) is 26.8 Å². The van der Waals surface area contributed by atoms with Gasteiger partial charge in [-0.25, -0.2) is 0 Å². The molecule has 0 aliphatic carbocycles. The first-order chi connectivity index (χ1) is 16.6. The van der Waals surface area contributed by atoms with E-state index >= 15 is 0 Å². The maximum Gasteiger partial charge on any atom is 0.311 e. The number of anilines is 1. The number of nitro benzene ring substituents is 1. The van der Waals surface area contributed by atoms with Crippen molar-refractivity contribution in [2.75, 3.05) is 4.90 Å². The van der Waals surface area contributed by atoms with Crippen molar-refractivity contribution >= 4 is 28.8 Å². The van der Waals surface area contributed by atoms with Gasteiger partial charge in [-0.15, -0.1) is 0 Å². The average Bonchev–Trinajstić information content (AvgIpc) is 3.11. The van der Waals surface area contributed by atoms with Crippen LogP contribution in [0, 0.1) is 35.3 Å². The molecule has 1 fully saturated rings. The number of phenolic OH excluding ortho intramolecular Hbond substituents is 1. The van der Waals surface area contributed by atoms with E-state index in [9.17, 15) is 29.9 Å². The number of ketones is 1. The number of phenols is 1. The van der Waals surface area contributed by atoms with Gasteiger partial charge in [0.15, 0.2) is 5.75 Å².